The van der Waals surface area contributed by atoms with Gasteiger partial charge in [0, 0.05) is 19.5 Å². The number of aliphatic hydroxyl groups is 1. The molecule has 3 heteroatoms. The Morgan fingerprint density at radius 3 is 2.00 bits per heavy atom. The van der Waals surface area contributed by atoms with Crippen molar-refractivity contribution in [2.75, 3.05) is 13.1 Å². The topological polar surface area (TPSA) is 40.5 Å². The summed E-state index contributed by atoms with van der Waals surface area (Å²) in [5, 5.41) is 9.42. The molecule has 20 heavy (non-hydrogen) atoms. The Morgan fingerprint density at radius 2 is 1.45 bits per heavy atom. The van der Waals surface area contributed by atoms with Gasteiger partial charge < -0.3 is 10.0 Å². The molecule has 1 N–H and O–H groups in total. The van der Waals surface area contributed by atoms with Crippen LogP contribution in [-0.2, 0) is 4.79 Å². The predicted octanol–water partition coefficient (Wildman–Crippen LogP) is 3.89. The Kier molecular flexibility index (Phi) is 9.73. The molecule has 1 rings (SSSR count). The molecule has 118 valence electrons. The quantitative estimate of drug-likeness (QED) is 0.618. The van der Waals surface area contributed by atoms with Crippen LogP contribution in [0.4, 0.5) is 0 Å². The largest absolute Gasteiger partial charge is 0.393 e. The minimum Gasteiger partial charge on any atom is -0.393 e. The first kappa shape index (κ1) is 17.5. The summed E-state index contributed by atoms with van der Waals surface area (Å²) in [6.45, 7) is 3.74. The molecule has 1 fully saturated rings. The molecule has 1 aliphatic rings. The second kappa shape index (κ2) is 11.1. The highest BCUT2D eigenvalue weighted by molar-refractivity contribution is 5.76. The highest BCUT2D eigenvalue weighted by Gasteiger charge is 2.20. The van der Waals surface area contributed by atoms with Crippen LogP contribution in [-0.4, -0.2) is 35.1 Å². The van der Waals surface area contributed by atoms with Gasteiger partial charge in [0.05, 0.1) is 6.10 Å². The maximum absolute atomic E-state index is 12.0. The van der Waals surface area contributed by atoms with E-state index in [4.69, 9.17) is 0 Å². The molecule has 1 amide bonds. The summed E-state index contributed by atoms with van der Waals surface area (Å²) in [6, 6.07) is 0. The van der Waals surface area contributed by atoms with Crippen molar-refractivity contribution < 1.29 is 9.90 Å². The van der Waals surface area contributed by atoms with E-state index in [0.29, 0.717) is 12.3 Å². The van der Waals surface area contributed by atoms with E-state index in [1.807, 2.05) is 4.90 Å². The van der Waals surface area contributed by atoms with Gasteiger partial charge in [0.25, 0.3) is 0 Å². The number of carbonyl (C=O) groups excluding carboxylic acids is 1. The fourth-order valence-electron chi connectivity index (χ4n) is 2.86. The van der Waals surface area contributed by atoms with Crippen molar-refractivity contribution in [1.29, 1.82) is 0 Å². The smallest absolute Gasteiger partial charge is 0.222 e. The number of hydrogen-bond acceptors (Lipinski definition) is 2. The first-order valence-corrected chi connectivity index (χ1v) is 8.70. The molecule has 1 saturated heterocycles. The molecule has 1 heterocycles. The van der Waals surface area contributed by atoms with Crippen molar-refractivity contribution in [2.45, 2.75) is 90.1 Å². The maximum atomic E-state index is 12.0. The third-order valence-electron chi connectivity index (χ3n) is 4.31. The number of carbonyl (C=O) groups is 1. The average molecular weight is 283 g/mol. The van der Waals surface area contributed by atoms with E-state index >= 15 is 0 Å². The fourth-order valence-corrected chi connectivity index (χ4v) is 2.86. The second-order valence-electron chi connectivity index (χ2n) is 6.19. The zero-order valence-corrected chi connectivity index (χ0v) is 13.3. The number of likely N-dealkylation sites (tertiary alicyclic amines) is 1. The van der Waals surface area contributed by atoms with Gasteiger partial charge in [-0.05, 0) is 19.3 Å². The molecule has 0 aromatic heterocycles. The van der Waals surface area contributed by atoms with Crippen molar-refractivity contribution in [1.82, 2.24) is 4.90 Å². The summed E-state index contributed by atoms with van der Waals surface area (Å²) in [7, 11) is 0. The van der Waals surface area contributed by atoms with Gasteiger partial charge >= 0.3 is 0 Å². The molecule has 1 aliphatic heterocycles. The normalized spacial score (nSPS) is 16.6. The standard InChI is InChI=1S/C17H33NO2/c1-2-3-4-5-6-7-8-9-10-11-17(20)18-14-12-16(19)13-15-18/h16,19H,2-15H2,1H3. The molecule has 0 bridgehead atoms. The highest BCUT2D eigenvalue weighted by Crippen LogP contribution is 2.14. The van der Waals surface area contributed by atoms with Crippen LogP contribution in [0.15, 0.2) is 0 Å². The lowest BCUT2D eigenvalue weighted by Crippen LogP contribution is -2.39. The molecule has 0 radical (unpaired) electrons. The minimum absolute atomic E-state index is 0.188. The van der Waals surface area contributed by atoms with Gasteiger partial charge in [-0.1, -0.05) is 58.3 Å². The number of nitrogens with zero attached hydrogens (tertiary/aromatic N) is 1. The summed E-state index contributed by atoms with van der Waals surface area (Å²) >= 11 is 0. The van der Waals surface area contributed by atoms with Gasteiger partial charge in [-0.3, -0.25) is 4.79 Å². The molecule has 0 spiro atoms. The van der Waals surface area contributed by atoms with E-state index in [9.17, 15) is 9.90 Å². The molecule has 0 aromatic carbocycles. The van der Waals surface area contributed by atoms with Crippen LogP contribution < -0.4 is 0 Å². The number of amides is 1. The SMILES string of the molecule is CCCCCCCCCCCC(=O)N1CCC(O)CC1. The molecular formula is C17H33NO2. The zero-order chi connectivity index (χ0) is 14.6. The first-order chi connectivity index (χ1) is 9.74. The summed E-state index contributed by atoms with van der Waals surface area (Å²) in [4.78, 5) is 13.9. The van der Waals surface area contributed by atoms with Gasteiger partial charge in [0.2, 0.25) is 5.91 Å². The predicted molar refractivity (Wildman–Crippen MR) is 83.7 cm³/mol. The Morgan fingerprint density at radius 1 is 0.950 bits per heavy atom. The molecule has 0 saturated carbocycles. The highest BCUT2D eigenvalue weighted by atomic mass is 16.3. The number of piperidine rings is 1. The van der Waals surface area contributed by atoms with Crippen LogP contribution in [0.5, 0.6) is 0 Å². The molecule has 3 nitrogen and oxygen atoms in total. The fraction of sp³-hybridized carbons (Fsp3) is 0.941. The molecule has 0 aliphatic carbocycles. The Labute approximate surface area is 124 Å². The Bertz CT molecular complexity index is 247. The van der Waals surface area contributed by atoms with Crippen molar-refractivity contribution in [3.8, 4) is 0 Å². The van der Waals surface area contributed by atoms with Crippen LogP contribution in [0.3, 0.4) is 0 Å². The van der Waals surface area contributed by atoms with E-state index < -0.39 is 0 Å². The third kappa shape index (κ3) is 7.88. The van der Waals surface area contributed by atoms with Crippen LogP contribution in [0.2, 0.25) is 0 Å². The van der Waals surface area contributed by atoms with Crippen LogP contribution >= 0.6 is 0 Å². The number of aliphatic hydroxyl groups excluding tert-OH is 1. The van der Waals surface area contributed by atoms with Crippen molar-refractivity contribution >= 4 is 5.91 Å². The molecule has 0 aromatic rings. The van der Waals surface area contributed by atoms with Crippen molar-refractivity contribution in [3.63, 3.8) is 0 Å². The van der Waals surface area contributed by atoms with Crippen LogP contribution in [0.25, 0.3) is 0 Å². The van der Waals surface area contributed by atoms with Gasteiger partial charge in [-0.2, -0.15) is 0 Å². The zero-order valence-electron chi connectivity index (χ0n) is 13.3. The Balaban J connectivity index is 1.89. The second-order valence-corrected chi connectivity index (χ2v) is 6.19. The van der Waals surface area contributed by atoms with Gasteiger partial charge in [-0.15, -0.1) is 0 Å². The maximum Gasteiger partial charge on any atom is 0.222 e. The lowest BCUT2D eigenvalue weighted by atomic mass is 10.0. The molecular weight excluding hydrogens is 250 g/mol. The summed E-state index contributed by atoms with van der Waals surface area (Å²) in [6.07, 6.45) is 13.7. The lowest BCUT2D eigenvalue weighted by molar-refractivity contribution is -0.133. The minimum atomic E-state index is -0.188. The number of unbranched alkanes of at least 4 members (excludes halogenated alkanes) is 8. The van der Waals surface area contributed by atoms with Gasteiger partial charge in [0.15, 0.2) is 0 Å². The van der Waals surface area contributed by atoms with E-state index in [0.717, 1.165) is 32.4 Å². The first-order valence-electron chi connectivity index (χ1n) is 8.70. The van der Waals surface area contributed by atoms with Crippen molar-refractivity contribution in [2.24, 2.45) is 0 Å². The molecule has 0 unspecified atom stereocenters. The molecule has 0 atom stereocenters. The van der Waals surface area contributed by atoms with E-state index in [1.54, 1.807) is 0 Å². The van der Waals surface area contributed by atoms with E-state index in [2.05, 4.69) is 6.92 Å². The Hall–Kier alpha value is -0.570. The number of rotatable bonds is 10. The van der Waals surface area contributed by atoms with Crippen LogP contribution in [0.1, 0.15) is 84.0 Å². The number of hydrogen-bond donors (Lipinski definition) is 1. The average Bonchev–Trinajstić information content (AvgIpc) is 2.46. The summed E-state index contributed by atoms with van der Waals surface area (Å²) in [5.74, 6) is 0.292. The van der Waals surface area contributed by atoms with Crippen LogP contribution in [0, 0.1) is 0 Å². The monoisotopic (exact) mass is 283 g/mol. The van der Waals surface area contributed by atoms with E-state index in [1.165, 1.54) is 51.4 Å². The van der Waals surface area contributed by atoms with Crippen molar-refractivity contribution in [3.05, 3.63) is 0 Å². The lowest BCUT2D eigenvalue weighted by Gasteiger charge is -2.29. The summed E-state index contributed by atoms with van der Waals surface area (Å²) < 4.78 is 0. The van der Waals surface area contributed by atoms with E-state index in [-0.39, 0.29) is 6.10 Å². The van der Waals surface area contributed by atoms with Gasteiger partial charge in [-0.25, -0.2) is 0 Å². The summed E-state index contributed by atoms with van der Waals surface area (Å²) in [5.41, 5.74) is 0. The van der Waals surface area contributed by atoms with Gasteiger partial charge in [0.1, 0.15) is 0 Å². The third-order valence-corrected chi connectivity index (χ3v) is 4.31.